The van der Waals surface area contributed by atoms with Crippen molar-refractivity contribution >= 4 is 22.5 Å². The summed E-state index contributed by atoms with van der Waals surface area (Å²) in [5, 5.41) is 12.5. The van der Waals surface area contributed by atoms with E-state index in [0.717, 1.165) is 0 Å². The quantitative estimate of drug-likeness (QED) is 0.429. The Labute approximate surface area is 203 Å². The molecule has 2 aliphatic rings. The van der Waals surface area contributed by atoms with Crippen LogP contribution in [0.4, 0.5) is 19.1 Å². The molecule has 0 unspecified atom stereocenters. The summed E-state index contributed by atoms with van der Waals surface area (Å²) in [5.41, 5.74) is 8.96. The van der Waals surface area contributed by atoms with Gasteiger partial charge in [-0.2, -0.15) is 4.98 Å². The largest absolute Gasteiger partial charge is 0.479 e. The summed E-state index contributed by atoms with van der Waals surface area (Å²) in [7, 11) is 1.44. The summed E-state index contributed by atoms with van der Waals surface area (Å²) in [6.07, 6.45) is 1.58. The Morgan fingerprint density at radius 3 is 2.81 bits per heavy atom. The summed E-state index contributed by atoms with van der Waals surface area (Å²) in [6.45, 7) is 1.77. The van der Waals surface area contributed by atoms with Crippen molar-refractivity contribution in [2.75, 3.05) is 45.8 Å². The highest BCUT2D eigenvalue weighted by molar-refractivity contribution is 5.92. The minimum atomic E-state index is -2.99. The SMILES string of the molecule is COc1nc(N)nn2cc([C@@H]3CN(C4COC4)CC3(F)F)c(-c3ccc4nnn([C@@H](C)CF)c4c3)c12. The molecule has 2 fully saturated rings. The molecule has 36 heavy (non-hydrogen) atoms. The van der Waals surface area contributed by atoms with Gasteiger partial charge in [-0.05, 0) is 30.2 Å². The number of likely N-dealkylation sites (tertiary alicyclic amines) is 1. The smallest absolute Gasteiger partial charge is 0.268 e. The third kappa shape index (κ3) is 3.48. The minimum Gasteiger partial charge on any atom is -0.479 e. The monoisotopic (exact) mass is 502 g/mol. The number of nitrogens with zero attached hydrogens (tertiary/aromatic N) is 7. The predicted octanol–water partition coefficient (Wildman–Crippen LogP) is 2.70. The van der Waals surface area contributed by atoms with Gasteiger partial charge in [0, 0.05) is 18.3 Å². The van der Waals surface area contributed by atoms with Crippen LogP contribution >= 0.6 is 0 Å². The normalized spacial score (nSPS) is 21.3. The number of alkyl halides is 3. The molecule has 10 nitrogen and oxygen atoms in total. The molecule has 0 aliphatic carbocycles. The van der Waals surface area contributed by atoms with E-state index in [2.05, 4.69) is 20.4 Å². The van der Waals surface area contributed by atoms with Gasteiger partial charge in [0.2, 0.25) is 11.8 Å². The molecule has 0 bridgehead atoms. The topological polar surface area (TPSA) is 109 Å². The summed E-state index contributed by atoms with van der Waals surface area (Å²) in [4.78, 5) is 5.97. The average Bonchev–Trinajstić information content (AvgIpc) is 3.48. The third-order valence-corrected chi connectivity index (χ3v) is 7.09. The van der Waals surface area contributed by atoms with E-state index in [0.29, 0.717) is 46.5 Å². The molecule has 2 N–H and O–H groups in total. The van der Waals surface area contributed by atoms with Gasteiger partial charge in [-0.1, -0.05) is 11.3 Å². The van der Waals surface area contributed by atoms with Crippen molar-refractivity contribution in [1.29, 1.82) is 0 Å². The number of nitrogens with two attached hydrogens (primary N) is 1. The van der Waals surface area contributed by atoms with Crippen LogP contribution in [0.5, 0.6) is 5.88 Å². The Balaban J connectivity index is 1.58. The number of aromatic nitrogens is 6. The standard InChI is InChI=1S/C23H25F3N8O2/c1-12(6-24)34-18-5-13(3-4-17(18)29-31-34)19-15(7-33-20(19)21(35-2)28-22(27)30-33)16-8-32(11-23(16,25)26)14-9-36-10-14/h3-5,7,12,14,16H,6,8-11H2,1-2H3,(H2,27,30)/t12-,16-/m0/s1. The van der Waals surface area contributed by atoms with E-state index in [9.17, 15) is 4.39 Å². The highest BCUT2D eigenvalue weighted by Gasteiger charge is 2.52. The lowest BCUT2D eigenvalue weighted by Crippen LogP contribution is -2.48. The number of nitrogen functional groups attached to an aromatic ring is 1. The molecule has 1 aromatic carbocycles. The molecule has 5 heterocycles. The first-order valence-corrected chi connectivity index (χ1v) is 11.6. The summed E-state index contributed by atoms with van der Waals surface area (Å²) in [5.74, 6) is -3.98. The fourth-order valence-electron chi connectivity index (χ4n) is 5.13. The maximum atomic E-state index is 15.5. The molecular formula is C23H25F3N8O2. The molecule has 0 radical (unpaired) electrons. The lowest BCUT2D eigenvalue weighted by atomic mass is 9.90. The van der Waals surface area contributed by atoms with E-state index in [1.165, 1.54) is 16.3 Å². The molecule has 0 amide bonds. The third-order valence-electron chi connectivity index (χ3n) is 7.09. The number of ether oxygens (including phenoxy) is 2. The zero-order valence-electron chi connectivity index (χ0n) is 19.7. The predicted molar refractivity (Wildman–Crippen MR) is 125 cm³/mol. The minimum absolute atomic E-state index is 0.0229. The molecule has 2 aliphatic heterocycles. The van der Waals surface area contributed by atoms with Crippen LogP contribution in [0.2, 0.25) is 0 Å². The lowest BCUT2D eigenvalue weighted by Gasteiger charge is -2.34. The van der Waals surface area contributed by atoms with Gasteiger partial charge >= 0.3 is 0 Å². The number of halogens is 3. The fraction of sp³-hybridized carbons (Fsp3) is 0.478. The molecule has 190 valence electrons. The van der Waals surface area contributed by atoms with Crippen molar-refractivity contribution in [1.82, 2.24) is 34.5 Å². The Bertz CT molecular complexity index is 1450. The number of methoxy groups -OCH3 is 1. The van der Waals surface area contributed by atoms with Crippen molar-refractivity contribution in [3.05, 3.63) is 30.0 Å². The number of anilines is 1. The molecular weight excluding hydrogens is 477 g/mol. The molecule has 2 atom stereocenters. The van der Waals surface area contributed by atoms with E-state index in [-0.39, 0.29) is 31.0 Å². The second kappa shape index (κ2) is 8.30. The van der Waals surface area contributed by atoms with Crippen molar-refractivity contribution in [2.45, 2.75) is 30.8 Å². The van der Waals surface area contributed by atoms with Crippen LogP contribution in [-0.4, -0.2) is 86.5 Å². The number of fused-ring (bicyclic) bond motifs is 2. The van der Waals surface area contributed by atoms with Gasteiger partial charge in [-0.25, -0.2) is 22.4 Å². The number of hydrogen-bond acceptors (Lipinski definition) is 8. The van der Waals surface area contributed by atoms with Crippen LogP contribution < -0.4 is 10.5 Å². The average molecular weight is 503 g/mol. The summed E-state index contributed by atoms with van der Waals surface area (Å²) < 4.78 is 58.2. The molecule has 0 spiro atoms. The van der Waals surface area contributed by atoms with Gasteiger partial charge in [0.15, 0.2) is 0 Å². The number of rotatable bonds is 6. The van der Waals surface area contributed by atoms with E-state index in [1.54, 1.807) is 36.2 Å². The Morgan fingerprint density at radius 2 is 2.11 bits per heavy atom. The molecule has 4 aromatic rings. The zero-order valence-corrected chi connectivity index (χ0v) is 19.7. The maximum Gasteiger partial charge on any atom is 0.268 e. The van der Waals surface area contributed by atoms with Gasteiger partial charge in [0.25, 0.3) is 5.92 Å². The maximum absolute atomic E-state index is 15.5. The van der Waals surface area contributed by atoms with Gasteiger partial charge in [-0.3, -0.25) is 4.90 Å². The van der Waals surface area contributed by atoms with Crippen molar-refractivity contribution < 1.29 is 22.6 Å². The van der Waals surface area contributed by atoms with Crippen LogP contribution in [0.3, 0.4) is 0 Å². The van der Waals surface area contributed by atoms with Crippen molar-refractivity contribution in [3.63, 3.8) is 0 Å². The van der Waals surface area contributed by atoms with Crippen LogP contribution in [0.1, 0.15) is 24.4 Å². The number of benzene rings is 1. The Morgan fingerprint density at radius 1 is 1.31 bits per heavy atom. The lowest BCUT2D eigenvalue weighted by molar-refractivity contribution is -0.0714. The summed E-state index contributed by atoms with van der Waals surface area (Å²) in [6, 6.07) is 4.74. The first kappa shape index (κ1) is 23.0. The van der Waals surface area contributed by atoms with E-state index in [4.69, 9.17) is 15.2 Å². The molecule has 13 heteroatoms. The fourth-order valence-corrected chi connectivity index (χ4v) is 5.13. The first-order chi connectivity index (χ1) is 17.3. The van der Waals surface area contributed by atoms with Crippen molar-refractivity contribution in [3.8, 4) is 17.0 Å². The number of hydrogen-bond donors (Lipinski definition) is 1. The van der Waals surface area contributed by atoms with Crippen LogP contribution in [-0.2, 0) is 4.74 Å². The van der Waals surface area contributed by atoms with E-state index < -0.39 is 24.6 Å². The highest BCUT2D eigenvalue weighted by atomic mass is 19.3. The second-order valence-electron chi connectivity index (χ2n) is 9.41. The molecule has 3 aromatic heterocycles. The molecule has 0 saturated carbocycles. The Hall–Kier alpha value is -3.45. The van der Waals surface area contributed by atoms with Crippen LogP contribution in [0.25, 0.3) is 27.7 Å². The molecule has 2 saturated heterocycles. The van der Waals surface area contributed by atoms with Gasteiger partial charge < -0.3 is 15.2 Å². The second-order valence-corrected chi connectivity index (χ2v) is 9.41. The molecule has 6 rings (SSSR count). The van der Waals surface area contributed by atoms with Gasteiger partial charge in [-0.15, -0.1) is 10.2 Å². The summed E-state index contributed by atoms with van der Waals surface area (Å²) >= 11 is 0. The van der Waals surface area contributed by atoms with Crippen molar-refractivity contribution in [2.24, 2.45) is 0 Å². The van der Waals surface area contributed by atoms with E-state index >= 15 is 8.78 Å². The van der Waals surface area contributed by atoms with Gasteiger partial charge in [0.1, 0.15) is 17.7 Å². The highest BCUT2D eigenvalue weighted by Crippen LogP contribution is 2.47. The Kier molecular flexibility index (Phi) is 5.30. The van der Waals surface area contributed by atoms with Crippen LogP contribution in [0, 0.1) is 0 Å². The van der Waals surface area contributed by atoms with Gasteiger partial charge in [0.05, 0.1) is 50.4 Å². The zero-order chi connectivity index (χ0) is 25.2. The first-order valence-electron chi connectivity index (χ1n) is 11.6. The van der Waals surface area contributed by atoms with Crippen LogP contribution in [0.15, 0.2) is 24.4 Å². The van der Waals surface area contributed by atoms with E-state index in [1.807, 2.05) is 0 Å².